The molecule has 1 heterocycles. The number of amides is 1. The van der Waals surface area contributed by atoms with E-state index in [0.29, 0.717) is 19.6 Å². The first-order valence-electron chi connectivity index (χ1n) is 7.43. The van der Waals surface area contributed by atoms with E-state index in [0.717, 1.165) is 24.3 Å². The largest absolute Gasteiger partial charge is 0.494 e. The summed E-state index contributed by atoms with van der Waals surface area (Å²) in [6, 6.07) is 6.82. The summed E-state index contributed by atoms with van der Waals surface area (Å²) in [5.74, 6) is 0.542. The number of benzene rings is 1. The van der Waals surface area contributed by atoms with Gasteiger partial charge in [-0.3, -0.25) is 9.69 Å². The van der Waals surface area contributed by atoms with Crippen LogP contribution in [0.25, 0.3) is 0 Å². The van der Waals surface area contributed by atoms with Gasteiger partial charge in [0.25, 0.3) is 0 Å². The third kappa shape index (κ3) is 2.86. The van der Waals surface area contributed by atoms with Crippen molar-refractivity contribution in [3.8, 4) is 5.75 Å². The van der Waals surface area contributed by atoms with Crippen LogP contribution in [0.15, 0.2) is 24.3 Å². The quantitative estimate of drug-likeness (QED) is 0.779. The summed E-state index contributed by atoms with van der Waals surface area (Å²) in [5, 5.41) is 0. The molecule has 0 radical (unpaired) electrons. The Bertz CT molecular complexity index is 536. The second kappa shape index (κ2) is 5.76. The van der Waals surface area contributed by atoms with E-state index in [-0.39, 0.29) is 17.8 Å². The Labute approximate surface area is 123 Å². The fraction of sp³-hybridized carbons (Fsp3) is 0.500. The van der Waals surface area contributed by atoms with Crippen LogP contribution >= 0.6 is 0 Å². The van der Waals surface area contributed by atoms with Crippen LogP contribution in [0.1, 0.15) is 26.2 Å². The zero-order chi connectivity index (χ0) is 14.8. The highest BCUT2D eigenvalue weighted by Gasteiger charge is 2.42. The van der Waals surface area contributed by atoms with Gasteiger partial charge in [-0.1, -0.05) is 0 Å². The van der Waals surface area contributed by atoms with Gasteiger partial charge in [0.1, 0.15) is 11.8 Å². The van der Waals surface area contributed by atoms with Gasteiger partial charge in [-0.2, -0.15) is 0 Å². The topological polar surface area (TPSA) is 55.8 Å². The number of carbonyl (C=O) groups is 2. The molecule has 21 heavy (non-hydrogen) atoms. The number of nitrogens with zero attached hydrogens (tertiary/aromatic N) is 1. The number of esters is 1. The molecule has 1 aromatic rings. The summed E-state index contributed by atoms with van der Waals surface area (Å²) in [6.07, 6.45) is 2.38. The van der Waals surface area contributed by atoms with Crippen molar-refractivity contribution in [2.24, 2.45) is 5.92 Å². The minimum absolute atomic E-state index is 0.0306. The molecule has 0 N–H and O–H groups in total. The van der Waals surface area contributed by atoms with Gasteiger partial charge in [0.15, 0.2) is 0 Å². The summed E-state index contributed by atoms with van der Waals surface area (Å²) in [5.41, 5.74) is 0.735. The Morgan fingerprint density at radius 3 is 2.52 bits per heavy atom. The minimum Gasteiger partial charge on any atom is -0.494 e. The second-order valence-corrected chi connectivity index (χ2v) is 5.38. The predicted octanol–water partition coefficient (Wildman–Crippen LogP) is 2.14. The van der Waals surface area contributed by atoms with Crippen molar-refractivity contribution in [1.82, 2.24) is 0 Å². The molecule has 5 nitrogen and oxygen atoms in total. The first kappa shape index (κ1) is 13.9. The lowest BCUT2D eigenvalue weighted by Crippen LogP contribution is -2.44. The third-order valence-electron chi connectivity index (χ3n) is 3.81. The van der Waals surface area contributed by atoms with E-state index >= 15 is 0 Å². The highest BCUT2D eigenvalue weighted by molar-refractivity contribution is 6.02. The number of carbonyl (C=O) groups excluding carboxylic acids is 2. The maximum absolute atomic E-state index is 12.5. The number of anilines is 1. The SMILES string of the molecule is CCOc1ccc(N(C(=O)C2CC2)C2CCOC2=O)cc1. The molecule has 0 aromatic heterocycles. The Balaban J connectivity index is 1.86. The number of ether oxygens (including phenoxy) is 2. The summed E-state index contributed by atoms with van der Waals surface area (Å²) >= 11 is 0. The molecular formula is C16H19NO4. The van der Waals surface area contributed by atoms with Gasteiger partial charge < -0.3 is 9.47 Å². The molecule has 1 amide bonds. The monoisotopic (exact) mass is 289 g/mol. The van der Waals surface area contributed by atoms with Crippen LogP contribution in [0.5, 0.6) is 5.75 Å². The van der Waals surface area contributed by atoms with Gasteiger partial charge in [0.2, 0.25) is 5.91 Å². The lowest BCUT2D eigenvalue weighted by Gasteiger charge is -2.26. The van der Waals surface area contributed by atoms with Crippen molar-refractivity contribution >= 4 is 17.6 Å². The molecular weight excluding hydrogens is 270 g/mol. The smallest absolute Gasteiger partial charge is 0.329 e. The number of hydrogen-bond donors (Lipinski definition) is 0. The first-order chi connectivity index (χ1) is 10.2. The second-order valence-electron chi connectivity index (χ2n) is 5.38. The van der Waals surface area contributed by atoms with Gasteiger partial charge in [0, 0.05) is 18.0 Å². The normalized spacial score (nSPS) is 21.0. The number of cyclic esters (lactones) is 1. The Morgan fingerprint density at radius 1 is 1.29 bits per heavy atom. The lowest BCUT2D eigenvalue weighted by molar-refractivity contribution is -0.140. The van der Waals surface area contributed by atoms with Crippen LogP contribution in [0, 0.1) is 5.92 Å². The molecule has 0 spiro atoms. The van der Waals surface area contributed by atoms with E-state index in [4.69, 9.17) is 9.47 Å². The van der Waals surface area contributed by atoms with E-state index < -0.39 is 6.04 Å². The summed E-state index contributed by atoms with van der Waals surface area (Å²) < 4.78 is 10.4. The van der Waals surface area contributed by atoms with Gasteiger partial charge >= 0.3 is 5.97 Å². The molecule has 1 saturated carbocycles. The lowest BCUT2D eigenvalue weighted by atomic mass is 10.1. The van der Waals surface area contributed by atoms with Crippen LogP contribution in [-0.2, 0) is 14.3 Å². The minimum atomic E-state index is -0.490. The van der Waals surface area contributed by atoms with Crippen LogP contribution in [0.4, 0.5) is 5.69 Å². The zero-order valence-electron chi connectivity index (χ0n) is 12.1. The first-order valence-corrected chi connectivity index (χ1v) is 7.43. The van der Waals surface area contributed by atoms with E-state index in [1.54, 1.807) is 4.90 Å². The van der Waals surface area contributed by atoms with E-state index in [1.165, 1.54) is 0 Å². The molecule has 1 unspecified atom stereocenters. The molecule has 1 aromatic carbocycles. The third-order valence-corrected chi connectivity index (χ3v) is 3.81. The van der Waals surface area contributed by atoms with E-state index in [2.05, 4.69) is 0 Å². The van der Waals surface area contributed by atoms with Crippen molar-refractivity contribution in [1.29, 1.82) is 0 Å². The molecule has 3 rings (SSSR count). The average molecular weight is 289 g/mol. The van der Waals surface area contributed by atoms with Crippen LogP contribution in [-0.4, -0.2) is 31.1 Å². The molecule has 2 aliphatic rings. The Kier molecular flexibility index (Phi) is 3.82. The molecule has 2 fully saturated rings. The molecule has 5 heteroatoms. The maximum atomic E-state index is 12.5. The average Bonchev–Trinajstić information content (AvgIpc) is 3.26. The predicted molar refractivity (Wildman–Crippen MR) is 77.2 cm³/mol. The maximum Gasteiger partial charge on any atom is 0.329 e. The van der Waals surface area contributed by atoms with Gasteiger partial charge in [-0.15, -0.1) is 0 Å². The van der Waals surface area contributed by atoms with E-state index in [1.807, 2.05) is 31.2 Å². The van der Waals surface area contributed by atoms with Crippen molar-refractivity contribution in [2.45, 2.75) is 32.2 Å². The highest BCUT2D eigenvalue weighted by Crippen LogP contribution is 2.35. The fourth-order valence-corrected chi connectivity index (χ4v) is 2.58. The molecule has 1 aliphatic carbocycles. The van der Waals surface area contributed by atoms with Gasteiger partial charge in [0.05, 0.1) is 13.2 Å². The van der Waals surface area contributed by atoms with Crippen LogP contribution in [0.2, 0.25) is 0 Å². The van der Waals surface area contributed by atoms with Crippen molar-refractivity contribution in [3.05, 3.63) is 24.3 Å². The van der Waals surface area contributed by atoms with Gasteiger partial charge in [-0.25, -0.2) is 4.79 Å². The highest BCUT2D eigenvalue weighted by atomic mass is 16.5. The van der Waals surface area contributed by atoms with Crippen molar-refractivity contribution < 1.29 is 19.1 Å². The fourth-order valence-electron chi connectivity index (χ4n) is 2.58. The standard InChI is InChI=1S/C16H19NO4/c1-2-20-13-7-5-12(6-8-13)17(15(18)11-3-4-11)14-9-10-21-16(14)19/h5-8,11,14H,2-4,9-10H2,1H3. The molecule has 0 bridgehead atoms. The zero-order valence-corrected chi connectivity index (χ0v) is 12.1. The van der Waals surface area contributed by atoms with Crippen molar-refractivity contribution in [2.75, 3.05) is 18.1 Å². The van der Waals surface area contributed by atoms with Crippen molar-refractivity contribution in [3.63, 3.8) is 0 Å². The van der Waals surface area contributed by atoms with E-state index in [9.17, 15) is 9.59 Å². The summed E-state index contributed by atoms with van der Waals surface area (Å²) in [4.78, 5) is 26.0. The summed E-state index contributed by atoms with van der Waals surface area (Å²) in [6.45, 7) is 2.90. The Hall–Kier alpha value is -2.04. The van der Waals surface area contributed by atoms with Gasteiger partial charge in [-0.05, 0) is 44.0 Å². The summed E-state index contributed by atoms with van der Waals surface area (Å²) in [7, 11) is 0. The number of rotatable bonds is 5. The molecule has 1 saturated heterocycles. The van der Waals surface area contributed by atoms with Crippen LogP contribution < -0.4 is 9.64 Å². The molecule has 1 atom stereocenters. The molecule has 1 aliphatic heterocycles. The van der Waals surface area contributed by atoms with Crippen LogP contribution in [0.3, 0.4) is 0 Å². The Morgan fingerprint density at radius 2 is 2.00 bits per heavy atom. The number of hydrogen-bond acceptors (Lipinski definition) is 4. The molecule has 112 valence electrons.